The molecule has 4 heteroatoms. The standard InChI is InChI=1S/C19H27FN2O/c1-15-5-11-18(12-8-16-6-9-17(20)10-7-16)22(15)19(23)21-13-3-2-4-14-21/h6-7,9-10,15,18H,2-5,8,11-14H2,1H3/t15-,18-/m1/s1. The molecule has 2 atom stereocenters. The molecule has 0 aliphatic carbocycles. The number of likely N-dealkylation sites (tertiary alicyclic amines) is 2. The van der Waals surface area contributed by atoms with Crippen molar-refractivity contribution in [2.45, 2.75) is 64.0 Å². The van der Waals surface area contributed by atoms with Gasteiger partial charge in [0.25, 0.3) is 0 Å². The molecule has 0 unspecified atom stereocenters. The average Bonchev–Trinajstić information content (AvgIpc) is 2.95. The molecular formula is C19H27FN2O. The molecule has 3 rings (SSSR count). The monoisotopic (exact) mass is 318 g/mol. The maximum absolute atomic E-state index is 13.0. The van der Waals surface area contributed by atoms with E-state index in [0.717, 1.165) is 57.2 Å². The van der Waals surface area contributed by atoms with Crippen LogP contribution in [0.15, 0.2) is 24.3 Å². The van der Waals surface area contributed by atoms with Gasteiger partial charge in [0.2, 0.25) is 0 Å². The highest BCUT2D eigenvalue weighted by molar-refractivity contribution is 5.75. The van der Waals surface area contributed by atoms with E-state index in [1.54, 1.807) is 0 Å². The third-order valence-electron chi connectivity index (χ3n) is 5.31. The Bertz CT molecular complexity index is 525. The maximum atomic E-state index is 13.0. The molecule has 3 nitrogen and oxygen atoms in total. The number of hydrogen-bond donors (Lipinski definition) is 0. The molecule has 2 amide bonds. The Kier molecular flexibility index (Phi) is 5.19. The Balaban J connectivity index is 1.61. The van der Waals surface area contributed by atoms with E-state index in [4.69, 9.17) is 0 Å². The predicted molar refractivity (Wildman–Crippen MR) is 89.9 cm³/mol. The molecule has 0 aromatic heterocycles. The summed E-state index contributed by atoms with van der Waals surface area (Å²) in [5, 5.41) is 0. The minimum absolute atomic E-state index is 0.190. The van der Waals surface area contributed by atoms with Crippen LogP contribution < -0.4 is 0 Å². The first kappa shape index (κ1) is 16.3. The van der Waals surface area contributed by atoms with Crippen molar-refractivity contribution < 1.29 is 9.18 Å². The number of nitrogens with zero attached hydrogens (tertiary/aromatic N) is 2. The lowest BCUT2D eigenvalue weighted by Crippen LogP contribution is -2.49. The third kappa shape index (κ3) is 3.85. The second kappa shape index (κ2) is 7.33. The van der Waals surface area contributed by atoms with Gasteiger partial charge >= 0.3 is 6.03 Å². The molecule has 126 valence electrons. The van der Waals surface area contributed by atoms with Gasteiger partial charge in [-0.2, -0.15) is 0 Å². The van der Waals surface area contributed by atoms with Crippen LogP contribution in [0.1, 0.15) is 51.0 Å². The van der Waals surface area contributed by atoms with Crippen LogP contribution in [0.25, 0.3) is 0 Å². The van der Waals surface area contributed by atoms with Gasteiger partial charge in [0.05, 0.1) is 0 Å². The van der Waals surface area contributed by atoms with E-state index in [1.165, 1.54) is 18.6 Å². The van der Waals surface area contributed by atoms with Gasteiger partial charge in [-0.05, 0) is 69.6 Å². The largest absolute Gasteiger partial charge is 0.325 e. The SMILES string of the molecule is C[C@@H]1CC[C@H](CCc2ccc(F)cc2)N1C(=O)N1CCCCC1. The topological polar surface area (TPSA) is 23.6 Å². The van der Waals surface area contributed by atoms with Crippen LogP contribution in [-0.2, 0) is 6.42 Å². The number of urea groups is 1. The number of carbonyl (C=O) groups is 1. The molecule has 1 aromatic rings. The summed E-state index contributed by atoms with van der Waals surface area (Å²) in [5.41, 5.74) is 1.15. The van der Waals surface area contributed by atoms with Gasteiger partial charge in [-0.15, -0.1) is 0 Å². The molecule has 0 saturated carbocycles. The first-order chi connectivity index (χ1) is 11.1. The van der Waals surface area contributed by atoms with Gasteiger partial charge in [0.1, 0.15) is 5.82 Å². The van der Waals surface area contributed by atoms with Crippen molar-refractivity contribution in [2.24, 2.45) is 0 Å². The Morgan fingerprint density at radius 3 is 2.52 bits per heavy atom. The van der Waals surface area contributed by atoms with Crippen molar-refractivity contribution in [3.63, 3.8) is 0 Å². The smallest absolute Gasteiger partial charge is 0.320 e. The van der Waals surface area contributed by atoms with Gasteiger partial charge in [-0.1, -0.05) is 12.1 Å². The van der Waals surface area contributed by atoms with Crippen molar-refractivity contribution in [3.8, 4) is 0 Å². The molecule has 0 spiro atoms. The fraction of sp³-hybridized carbons (Fsp3) is 0.632. The zero-order chi connectivity index (χ0) is 16.2. The molecule has 0 N–H and O–H groups in total. The third-order valence-corrected chi connectivity index (χ3v) is 5.31. The number of hydrogen-bond acceptors (Lipinski definition) is 1. The summed E-state index contributed by atoms with van der Waals surface area (Å²) in [6.07, 6.45) is 7.56. The Morgan fingerprint density at radius 1 is 1.13 bits per heavy atom. The highest BCUT2D eigenvalue weighted by atomic mass is 19.1. The summed E-state index contributed by atoms with van der Waals surface area (Å²) < 4.78 is 13.0. The summed E-state index contributed by atoms with van der Waals surface area (Å²) in [6, 6.07) is 7.63. The summed E-state index contributed by atoms with van der Waals surface area (Å²) in [6.45, 7) is 3.99. The molecule has 0 bridgehead atoms. The summed E-state index contributed by atoms with van der Waals surface area (Å²) in [4.78, 5) is 17.0. The van der Waals surface area contributed by atoms with Crippen LogP contribution in [0.4, 0.5) is 9.18 Å². The highest BCUT2D eigenvalue weighted by Crippen LogP contribution is 2.29. The second-order valence-electron chi connectivity index (χ2n) is 6.98. The quantitative estimate of drug-likeness (QED) is 0.818. The van der Waals surface area contributed by atoms with Gasteiger partial charge in [0, 0.05) is 25.2 Å². The zero-order valence-electron chi connectivity index (χ0n) is 14.0. The lowest BCUT2D eigenvalue weighted by atomic mass is 10.0. The van der Waals surface area contributed by atoms with E-state index >= 15 is 0 Å². The number of rotatable bonds is 3. The first-order valence-corrected chi connectivity index (χ1v) is 8.97. The van der Waals surface area contributed by atoms with E-state index in [0.29, 0.717) is 12.1 Å². The van der Waals surface area contributed by atoms with Crippen LogP contribution >= 0.6 is 0 Å². The highest BCUT2D eigenvalue weighted by Gasteiger charge is 2.36. The van der Waals surface area contributed by atoms with Gasteiger partial charge in [-0.25, -0.2) is 9.18 Å². The molecule has 1 aromatic carbocycles. The maximum Gasteiger partial charge on any atom is 0.320 e. The molecule has 2 aliphatic heterocycles. The molecule has 2 fully saturated rings. The second-order valence-corrected chi connectivity index (χ2v) is 6.98. The molecular weight excluding hydrogens is 291 g/mol. The summed E-state index contributed by atoms with van der Waals surface area (Å²) in [5.74, 6) is -0.190. The van der Waals surface area contributed by atoms with E-state index in [1.807, 2.05) is 17.0 Å². The van der Waals surface area contributed by atoms with Crippen LogP contribution in [0.2, 0.25) is 0 Å². The summed E-state index contributed by atoms with van der Waals surface area (Å²) >= 11 is 0. The number of halogens is 1. The van der Waals surface area contributed by atoms with Crippen molar-refractivity contribution in [1.29, 1.82) is 0 Å². The first-order valence-electron chi connectivity index (χ1n) is 8.97. The Hall–Kier alpha value is -1.58. The summed E-state index contributed by atoms with van der Waals surface area (Å²) in [7, 11) is 0. The Morgan fingerprint density at radius 2 is 1.83 bits per heavy atom. The van der Waals surface area contributed by atoms with Gasteiger partial charge < -0.3 is 9.80 Å². The zero-order valence-corrected chi connectivity index (χ0v) is 14.0. The van der Waals surface area contributed by atoms with E-state index < -0.39 is 0 Å². The average molecular weight is 318 g/mol. The van der Waals surface area contributed by atoms with Crippen LogP contribution in [0.5, 0.6) is 0 Å². The molecule has 2 heterocycles. The number of aryl methyl sites for hydroxylation is 1. The molecule has 2 aliphatic rings. The van der Waals surface area contributed by atoms with Gasteiger partial charge in [-0.3, -0.25) is 0 Å². The Labute approximate surface area is 138 Å². The lowest BCUT2D eigenvalue weighted by molar-refractivity contribution is 0.124. The van der Waals surface area contributed by atoms with E-state index in [2.05, 4.69) is 11.8 Å². The van der Waals surface area contributed by atoms with Crippen molar-refractivity contribution in [3.05, 3.63) is 35.6 Å². The number of amides is 2. The number of piperidine rings is 1. The fourth-order valence-electron chi connectivity index (χ4n) is 3.93. The predicted octanol–water partition coefficient (Wildman–Crippen LogP) is 4.22. The van der Waals surface area contributed by atoms with Crippen molar-refractivity contribution in [1.82, 2.24) is 9.80 Å². The van der Waals surface area contributed by atoms with Gasteiger partial charge in [0.15, 0.2) is 0 Å². The lowest BCUT2D eigenvalue weighted by Gasteiger charge is -2.36. The number of carbonyl (C=O) groups excluding carboxylic acids is 1. The van der Waals surface area contributed by atoms with Crippen LogP contribution in [-0.4, -0.2) is 41.0 Å². The number of benzene rings is 1. The molecule has 2 saturated heterocycles. The minimum Gasteiger partial charge on any atom is -0.325 e. The van der Waals surface area contributed by atoms with Crippen molar-refractivity contribution >= 4 is 6.03 Å². The van der Waals surface area contributed by atoms with E-state index in [-0.39, 0.29) is 11.8 Å². The normalized spacial score (nSPS) is 25.0. The van der Waals surface area contributed by atoms with Crippen LogP contribution in [0, 0.1) is 5.82 Å². The van der Waals surface area contributed by atoms with E-state index in [9.17, 15) is 9.18 Å². The molecule has 0 radical (unpaired) electrons. The minimum atomic E-state index is -0.190. The molecule has 23 heavy (non-hydrogen) atoms. The van der Waals surface area contributed by atoms with Crippen molar-refractivity contribution in [2.75, 3.05) is 13.1 Å². The fourth-order valence-corrected chi connectivity index (χ4v) is 3.93. The van der Waals surface area contributed by atoms with Crippen LogP contribution in [0.3, 0.4) is 0 Å².